The zero-order valence-electron chi connectivity index (χ0n) is 18.3. The predicted molar refractivity (Wildman–Crippen MR) is 113 cm³/mol. The second kappa shape index (κ2) is 11.6. The normalized spacial score (nSPS) is 12.6. The molecule has 0 spiro atoms. The highest BCUT2D eigenvalue weighted by molar-refractivity contribution is 5.99. The quantitative estimate of drug-likeness (QED) is 0.331. The lowest BCUT2D eigenvalue weighted by Crippen LogP contribution is -2.41. The van der Waals surface area contributed by atoms with Crippen LogP contribution in [-0.4, -0.2) is 52.3 Å². The molecule has 8 nitrogen and oxygen atoms in total. The van der Waals surface area contributed by atoms with Gasteiger partial charge in [-0.3, -0.25) is 19.2 Å². The maximum absolute atomic E-state index is 12.8. The van der Waals surface area contributed by atoms with Gasteiger partial charge >= 0.3 is 23.9 Å². The van der Waals surface area contributed by atoms with Crippen molar-refractivity contribution in [2.45, 2.75) is 11.8 Å². The van der Waals surface area contributed by atoms with Crippen molar-refractivity contribution in [1.82, 2.24) is 0 Å². The van der Waals surface area contributed by atoms with E-state index >= 15 is 0 Å². The van der Waals surface area contributed by atoms with Gasteiger partial charge in [0.05, 0.1) is 28.4 Å². The van der Waals surface area contributed by atoms with Gasteiger partial charge in [-0.2, -0.15) is 0 Å². The average molecular weight is 442 g/mol. The lowest BCUT2D eigenvalue weighted by atomic mass is 9.68. The van der Waals surface area contributed by atoms with Gasteiger partial charge in [-0.1, -0.05) is 60.7 Å². The third-order valence-electron chi connectivity index (χ3n) is 5.29. The zero-order valence-corrected chi connectivity index (χ0v) is 18.3. The van der Waals surface area contributed by atoms with E-state index in [1.807, 2.05) is 0 Å². The van der Waals surface area contributed by atoms with Crippen LogP contribution in [0.5, 0.6) is 0 Å². The molecule has 0 saturated heterocycles. The Hall–Kier alpha value is -3.68. The summed E-state index contributed by atoms with van der Waals surface area (Å²) >= 11 is 0. The number of esters is 4. The maximum atomic E-state index is 12.8. The standard InChI is InChI=1S/C24H26O8/c1-29-21(25)19(22(26)30-2)17(15-11-7-5-8-12-15)18(16-13-9-6-10-14-16)20(23(27)31-3)24(28)32-4/h5-14,17-20H,1-4H3. The third-order valence-corrected chi connectivity index (χ3v) is 5.29. The summed E-state index contributed by atoms with van der Waals surface area (Å²) < 4.78 is 19.6. The van der Waals surface area contributed by atoms with Crippen LogP contribution in [0.25, 0.3) is 0 Å². The minimum absolute atomic E-state index is 0.528. The van der Waals surface area contributed by atoms with Gasteiger partial charge in [0.25, 0.3) is 0 Å². The van der Waals surface area contributed by atoms with E-state index in [1.54, 1.807) is 60.7 Å². The molecule has 0 saturated carbocycles. The number of hydrogen-bond donors (Lipinski definition) is 0. The minimum Gasteiger partial charge on any atom is -0.468 e. The summed E-state index contributed by atoms with van der Waals surface area (Å²) in [6, 6.07) is 17.2. The lowest BCUT2D eigenvalue weighted by molar-refractivity contribution is -0.166. The van der Waals surface area contributed by atoms with E-state index in [-0.39, 0.29) is 0 Å². The fourth-order valence-corrected chi connectivity index (χ4v) is 3.85. The average Bonchev–Trinajstić information content (AvgIpc) is 2.85. The van der Waals surface area contributed by atoms with Gasteiger partial charge in [0.1, 0.15) is 0 Å². The largest absolute Gasteiger partial charge is 0.468 e. The van der Waals surface area contributed by atoms with Gasteiger partial charge in [0, 0.05) is 11.8 Å². The van der Waals surface area contributed by atoms with Gasteiger partial charge in [-0.25, -0.2) is 0 Å². The van der Waals surface area contributed by atoms with Crippen LogP contribution < -0.4 is 0 Å². The van der Waals surface area contributed by atoms with E-state index in [0.29, 0.717) is 11.1 Å². The summed E-state index contributed by atoms with van der Waals surface area (Å²) in [4.78, 5) is 51.2. The molecule has 2 rings (SSSR count). The molecule has 0 aromatic heterocycles. The Morgan fingerprint density at radius 3 is 0.969 bits per heavy atom. The van der Waals surface area contributed by atoms with Gasteiger partial charge in [-0.05, 0) is 11.1 Å². The molecular formula is C24H26O8. The van der Waals surface area contributed by atoms with E-state index in [4.69, 9.17) is 18.9 Å². The van der Waals surface area contributed by atoms with Crippen LogP contribution in [0.3, 0.4) is 0 Å². The molecule has 0 amide bonds. The fourth-order valence-electron chi connectivity index (χ4n) is 3.85. The molecule has 2 unspecified atom stereocenters. The Morgan fingerprint density at radius 2 is 0.750 bits per heavy atom. The van der Waals surface area contributed by atoms with Gasteiger partial charge in [0.15, 0.2) is 11.8 Å². The maximum Gasteiger partial charge on any atom is 0.320 e. The molecular weight excluding hydrogens is 416 g/mol. The monoisotopic (exact) mass is 442 g/mol. The van der Waals surface area contributed by atoms with Gasteiger partial charge in [-0.15, -0.1) is 0 Å². The van der Waals surface area contributed by atoms with Gasteiger partial charge < -0.3 is 18.9 Å². The Labute approximate surface area is 186 Å². The van der Waals surface area contributed by atoms with Crippen LogP contribution in [0.4, 0.5) is 0 Å². The Morgan fingerprint density at radius 1 is 0.500 bits per heavy atom. The van der Waals surface area contributed by atoms with E-state index in [0.717, 1.165) is 28.4 Å². The van der Waals surface area contributed by atoms with Crippen LogP contribution in [0.1, 0.15) is 23.0 Å². The number of hydrogen-bond acceptors (Lipinski definition) is 8. The summed E-state index contributed by atoms with van der Waals surface area (Å²) in [5.41, 5.74) is 1.06. The molecule has 0 aliphatic rings. The highest BCUT2D eigenvalue weighted by Crippen LogP contribution is 2.45. The molecule has 0 heterocycles. The fraction of sp³-hybridized carbons (Fsp3) is 0.333. The first-order chi connectivity index (χ1) is 15.4. The van der Waals surface area contributed by atoms with Crippen molar-refractivity contribution in [2.24, 2.45) is 11.8 Å². The molecule has 0 bridgehead atoms. The highest BCUT2D eigenvalue weighted by atomic mass is 16.6. The molecule has 0 aliphatic carbocycles. The summed E-state index contributed by atoms with van der Waals surface area (Å²) in [6.45, 7) is 0. The summed E-state index contributed by atoms with van der Waals surface area (Å²) in [5, 5.41) is 0. The molecule has 2 aromatic rings. The second-order valence-corrected chi connectivity index (χ2v) is 6.92. The lowest BCUT2D eigenvalue weighted by Gasteiger charge is -2.34. The summed E-state index contributed by atoms with van der Waals surface area (Å²) in [7, 11) is 4.60. The topological polar surface area (TPSA) is 105 Å². The Balaban J connectivity index is 2.88. The van der Waals surface area contributed by atoms with Crippen molar-refractivity contribution in [3.05, 3.63) is 71.8 Å². The molecule has 32 heavy (non-hydrogen) atoms. The third kappa shape index (κ3) is 5.32. The zero-order chi connectivity index (χ0) is 23.7. The number of ether oxygens (including phenoxy) is 4. The van der Waals surface area contributed by atoms with Crippen LogP contribution in [0, 0.1) is 11.8 Å². The Bertz CT molecular complexity index is 816. The van der Waals surface area contributed by atoms with Crippen molar-refractivity contribution in [2.75, 3.05) is 28.4 Å². The highest BCUT2D eigenvalue weighted by Gasteiger charge is 2.50. The first-order valence-corrected chi connectivity index (χ1v) is 9.82. The molecule has 0 fully saturated rings. The van der Waals surface area contributed by atoms with E-state index in [1.165, 1.54) is 0 Å². The number of methoxy groups -OCH3 is 4. The van der Waals surface area contributed by atoms with Crippen LogP contribution in [0.2, 0.25) is 0 Å². The molecule has 0 radical (unpaired) electrons. The smallest absolute Gasteiger partial charge is 0.320 e. The van der Waals surface area contributed by atoms with Crippen molar-refractivity contribution in [3.63, 3.8) is 0 Å². The molecule has 0 aliphatic heterocycles. The number of carbonyl (C=O) groups is 4. The van der Waals surface area contributed by atoms with Crippen LogP contribution in [0.15, 0.2) is 60.7 Å². The molecule has 2 atom stereocenters. The van der Waals surface area contributed by atoms with Crippen molar-refractivity contribution in [1.29, 1.82) is 0 Å². The van der Waals surface area contributed by atoms with Crippen molar-refractivity contribution >= 4 is 23.9 Å². The first-order valence-electron chi connectivity index (χ1n) is 9.82. The minimum atomic E-state index is -1.46. The van der Waals surface area contributed by atoms with Crippen molar-refractivity contribution < 1.29 is 38.1 Å². The Kier molecular flexibility index (Phi) is 8.95. The van der Waals surface area contributed by atoms with E-state index < -0.39 is 47.5 Å². The summed E-state index contributed by atoms with van der Waals surface area (Å²) in [5.74, 6) is -8.40. The number of carbonyl (C=O) groups excluding carboxylic acids is 4. The predicted octanol–water partition coefficient (Wildman–Crippen LogP) is 2.48. The second-order valence-electron chi connectivity index (χ2n) is 6.92. The molecule has 8 heteroatoms. The van der Waals surface area contributed by atoms with Crippen LogP contribution in [-0.2, 0) is 38.1 Å². The first kappa shape index (κ1) is 24.6. The van der Waals surface area contributed by atoms with Gasteiger partial charge in [0.2, 0.25) is 0 Å². The number of benzene rings is 2. The molecule has 2 aromatic carbocycles. The van der Waals surface area contributed by atoms with Crippen molar-refractivity contribution in [3.8, 4) is 0 Å². The van der Waals surface area contributed by atoms with Crippen LogP contribution >= 0.6 is 0 Å². The number of rotatable bonds is 9. The van der Waals surface area contributed by atoms with E-state index in [9.17, 15) is 19.2 Å². The molecule has 170 valence electrons. The molecule has 0 N–H and O–H groups in total. The summed E-state index contributed by atoms with van der Waals surface area (Å²) in [6.07, 6.45) is 0. The van der Waals surface area contributed by atoms with E-state index in [2.05, 4.69) is 0 Å². The SMILES string of the molecule is COC(=O)C(C(=O)OC)C(c1ccccc1)C(c1ccccc1)C(C(=O)OC)C(=O)OC.